The van der Waals surface area contributed by atoms with E-state index >= 15 is 0 Å². The molecule has 0 N–H and O–H groups in total. The van der Waals surface area contributed by atoms with Gasteiger partial charge in [-0.3, -0.25) is 14.4 Å². The van der Waals surface area contributed by atoms with Crippen molar-refractivity contribution >= 4 is 28.6 Å². The van der Waals surface area contributed by atoms with Crippen LogP contribution in [0.5, 0.6) is 11.5 Å². The molecule has 0 spiro atoms. The van der Waals surface area contributed by atoms with E-state index in [9.17, 15) is 14.4 Å². The second-order valence-corrected chi connectivity index (χ2v) is 15.0. The summed E-state index contributed by atoms with van der Waals surface area (Å²) >= 11 is 0. The van der Waals surface area contributed by atoms with Crippen LogP contribution in [0.1, 0.15) is 98.6 Å². The van der Waals surface area contributed by atoms with Gasteiger partial charge in [-0.25, -0.2) is 0 Å². The lowest BCUT2D eigenvalue weighted by atomic mass is 9.87. The summed E-state index contributed by atoms with van der Waals surface area (Å²) in [6.07, 6.45) is -0.631. The van der Waals surface area contributed by atoms with E-state index in [1.54, 1.807) is 46.4 Å². The fourth-order valence-electron chi connectivity index (χ4n) is 6.27. The van der Waals surface area contributed by atoms with Gasteiger partial charge in [-0.2, -0.15) is 0 Å². The third-order valence-electron chi connectivity index (χ3n) is 8.53. The molecule has 1 heterocycles. The number of hydrogen-bond donors (Lipinski definition) is 0. The zero-order chi connectivity index (χ0) is 37.3. The van der Waals surface area contributed by atoms with E-state index in [4.69, 9.17) is 28.4 Å². The first-order valence-electron chi connectivity index (χ1n) is 17.9. The molecule has 0 radical (unpaired) electrons. The van der Waals surface area contributed by atoms with Gasteiger partial charge >= 0.3 is 11.9 Å². The number of carbonyl (C=O) groups excluding carboxylic acids is 3. The fraction of sp³-hybridized carbons (Fsp3) is 0.537. The van der Waals surface area contributed by atoms with Crippen molar-refractivity contribution in [2.45, 2.75) is 118 Å². The van der Waals surface area contributed by atoms with Gasteiger partial charge in [0.05, 0.1) is 12.3 Å². The molecule has 0 fully saturated rings. The van der Waals surface area contributed by atoms with Crippen LogP contribution in [0.2, 0.25) is 0 Å². The number of nitrogens with zero attached hydrogens (tertiary/aromatic N) is 1. The predicted molar refractivity (Wildman–Crippen MR) is 195 cm³/mol. The van der Waals surface area contributed by atoms with Crippen molar-refractivity contribution in [2.75, 3.05) is 20.0 Å². The van der Waals surface area contributed by atoms with Crippen LogP contribution in [0.3, 0.4) is 0 Å². The van der Waals surface area contributed by atoms with E-state index in [1.165, 1.54) is 0 Å². The van der Waals surface area contributed by atoms with Crippen molar-refractivity contribution in [3.8, 4) is 11.5 Å². The molecule has 10 nitrogen and oxygen atoms in total. The number of ether oxygens (including phenoxy) is 6. The van der Waals surface area contributed by atoms with E-state index < -0.39 is 41.4 Å². The Morgan fingerprint density at radius 3 is 2.08 bits per heavy atom. The minimum absolute atomic E-state index is 0.135. The minimum atomic E-state index is -1.05. The van der Waals surface area contributed by atoms with Crippen molar-refractivity contribution < 1.29 is 42.8 Å². The van der Waals surface area contributed by atoms with Crippen molar-refractivity contribution in [3.63, 3.8) is 0 Å². The Balaban J connectivity index is 1.76. The SMILES string of the molecule is CCOC(CC(c1ccc2c(c1)OCO2)C(C)N(Cc1ccc2ccccc2c1)C(=O)C[C@H](CC(=O)OC(C)(C)C)C(=O)OC(C)(C)C)OCC. The van der Waals surface area contributed by atoms with E-state index in [-0.39, 0.29) is 38.0 Å². The average molecular weight is 706 g/mol. The first-order valence-corrected chi connectivity index (χ1v) is 17.9. The maximum atomic E-state index is 14.7. The zero-order valence-corrected chi connectivity index (χ0v) is 31.7. The molecule has 51 heavy (non-hydrogen) atoms. The molecular formula is C41H55NO9. The molecule has 3 aromatic carbocycles. The third-order valence-corrected chi connectivity index (χ3v) is 8.53. The van der Waals surface area contributed by atoms with Crippen molar-refractivity contribution in [3.05, 3.63) is 71.8 Å². The van der Waals surface area contributed by atoms with Crippen molar-refractivity contribution in [1.82, 2.24) is 4.90 Å². The first kappa shape index (κ1) is 39.6. The number of amides is 1. The summed E-state index contributed by atoms with van der Waals surface area (Å²) in [6, 6.07) is 19.6. The fourth-order valence-corrected chi connectivity index (χ4v) is 6.27. The molecule has 2 unspecified atom stereocenters. The van der Waals surface area contributed by atoms with Gasteiger partial charge in [0, 0.05) is 44.6 Å². The summed E-state index contributed by atoms with van der Waals surface area (Å²) in [4.78, 5) is 43.2. The van der Waals surface area contributed by atoms with Crippen LogP contribution in [-0.4, -0.2) is 66.3 Å². The summed E-state index contributed by atoms with van der Waals surface area (Å²) in [5, 5.41) is 2.13. The van der Waals surface area contributed by atoms with Gasteiger partial charge < -0.3 is 33.3 Å². The summed E-state index contributed by atoms with van der Waals surface area (Å²) in [7, 11) is 0. The number of benzene rings is 3. The molecule has 0 saturated carbocycles. The van der Waals surface area contributed by atoms with E-state index in [0.717, 1.165) is 21.9 Å². The lowest BCUT2D eigenvalue weighted by Crippen LogP contribution is -2.44. The van der Waals surface area contributed by atoms with E-state index in [1.807, 2.05) is 75.4 Å². The summed E-state index contributed by atoms with van der Waals surface area (Å²) in [5.74, 6) is -1.55. The maximum absolute atomic E-state index is 14.7. The zero-order valence-electron chi connectivity index (χ0n) is 31.7. The third kappa shape index (κ3) is 11.7. The van der Waals surface area contributed by atoms with Crippen LogP contribution >= 0.6 is 0 Å². The van der Waals surface area contributed by atoms with E-state index in [2.05, 4.69) is 6.07 Å². The topological polar surface area (TPSA) is 110 Å². The summed E-state index contributed by atoms with van der Waals surface area (Å²) in [6.45, 7) is 17.7. The Hall–Kier alpha value is -4.15. The molecule has 3 atom stereocenters. The summed E-state index contributed by atoms with van der Waals surface area (Å²) < 4.78 is 34.7. The molecule has 4 rings (SSSR count). The van der Waals surface area contributed by atoms with Crippen molar-refractivity contribution in [2.24, 2.45) is 5.92 Å². The van der Waals surface area contributed by atoms with Crippen LogP contribution in [-0.2, 0) is 39.9 Å². The highest BCUT2D eigenvalue weighted by atomic mass is 16.7. The van der Waals surface area contributed by atoms with Gasteiger partial charge in [0.1, 0.15) is 11.2 Å². The Labute approximate surface area is 302 Å². The lowest BCUT2D eigenvalue weighted by molar-refractivity contribution is -0.169. The second kappa shape index (κ2) is 17.4. The molecule has 0 bridgehead atoms. The molecular weight excluding hydrogens is 650 g/mol. The second-order valence-electron chi connectivity index (χ2n) is 15.0. The van der Waals surface area contributed by atoms with Crippen LogP contribution in [0.25, 0.3) is 10.8 Å². The van der Waals surface area contributed by atoms with Gasteiger partial charge in [-0.1, -0.05) is 42.5 Å². The smallest absolute Gasteiger partial charge is 0.310 e. The predicted octanol–water partition coefficient (Wildman–Crippen LogP) is 7.94. The molecule has 278 valence electrons. The quantitative estimate of drug-likeness (QED) is 0.108. The van der Waals surface area contributed by atoms with Crippen LogP contribution in [0.4, 0.5) is 0 Å². The van der Waals surface area contributed by atoms with Crippen LogP contribution in [0, 0.1) is 5.92 Å². The largest absolute Gasteiger partial charge is 0.460 e. The highest BCUT2D eigenvalue weighted by Gasteiger charge is 2.37. The highest BCUT2D eigenvalue weighted by molar-refractivity contribution is 5.87. The Morgan fingerprint density at radius 2 is 1.43 bits per heavy atom. The number of esters is 2. The Kier molecular flexibility index (Phi) is 13.5. The monoisotopic (exact) mass is 705 g/mol. The van der Waals surface area contributed by atoms with Gasteiger partial charge in [-0.15, -0.1) is 0 Å². The molecule has 3 aromatic rings. The van der Waals surface area contributed by atoms with Crippen LogP contribution < -0.4 is 9.47 Å². The molecule has 10 heteroatoms. The maximum Gasteiger partial charge on any atom is 0.310 e. The molecule has 0 saturated heterocycles. The molecule has 1 aliphatic rings. The standard InChI is InChI=1S/C41H55NO9/c1-10-46-38(47-11-2)24-33(31-18-19-34-35(21-31)49-26-48-34)27(3)42(25-28-16-17-29-14-12-13-15-30(29)20-28)36(43)22-32(39(45)51-41(7,8)9)23-37(44)50-40(4,5)6/h12-21,27,32-33,38H,10-11,22-26H2,1-9H3/t27?,32-,33?/m1/s1. The Morgan fingerprint density at radius 1 is 0.784 bits per heavy atom. The van der Waals surface area contributed by atoms with Gasteiger partial charge in [0.25, 0.3) is 0 Å². The van der Waals surface area contributed by atoms with Crippen LogP contribution in [0.15, 0.2) is 60.7 Å². The summed E-state index contributed by atoms with van der Waals surface area (Å²) in [5.41, 5.74) is 0.268. The van der Waals surface area contributed by atoms with Gasteiger partial charge in [0.2, 0.25) is 12.7 Å². The molecule has 1 amide bonds. The van der Waals surface area contributed by atoms with Gasteiger partial charge in [0.15, 0.2) is 17.8 Å². The molecule has 1 aliphatic heterocycles. The van der Waals surface area contributed by atoms with Gasteiger partial charge in [-0.05, 0) is 102 Å². The number of carbonyl (C=O) groups is 3. The lowest BCUT2D eigenvalue weighted by Gasteiger charge is -2.37. The number of rotatable bonds is 16. The van der Waals surface area contributed by atoms with E-state index in [0.29, 0.717) is 31.1 Å². The number of fused-ring (bicyclic) bond motifs is 2. The minimum Gasteiger partial charge on any atom is -0.460 e. The van der Waals surface area contributed by atoms with Crippen molar-refractivity contribution in [1.29, 1.82) is 0 Å². The Bertz CT molecular complexity index is 1630. The highest BCUT2D eigenvalue weighted by Crippen LogP contribution is 2.39. The average Bonchev–Trinajstić information content (AvgIpc) is 3.52. The number of hydrogen-bond acceptors (Lipinski definition) is 9. The first-order chi connectivity index (χ1) is 24.1. The molecule has 0 aliphatic carbocycles. The normalized spacial score (nSPS) is 14.6. The molecule has 0 aromatic heterocycles.